The maximum atomic E-state index is 12.6. The lowest BCUT2D eigenvalue weighted by molar-refractivity contribution is -0.770. The molecule has 1 spiro atoms. The molecule has 3 nitrogen and oxygen atoms in total. The van der Waals surface area contributed by atoms with Crippen molar-refractivity contribution in [3.63, 3.8) is 0 Å². The summed E-state index contributed by atoms with van der Waals surface area (Å²) in [5.41, 5.74) is 0.761. The smallest absolute Gasteiger partial charge is 0.396 e. The molecule has 1 aliphatic heterocycles. The monoisotopic (exact) mass is 215 g/mol. The van der Waals surface area contributed by atoms with Gasteiger partial charge in [0.15, 0.2) is 12.2 Å². The lowest BCUT2D eigenvalue weighted by Crippen LogP contribution is -2.47. The van der Waals surface area contributed by atoms with Crippen molar-refractivity contribution in [3.8, 4) is 5.88 Å². The van der Waals surface area contributed by atoms with Crippen LogP contribution in [0.1, 0.15) is 30.5 Å². The molecule has 1 aliphatic carbocycles. The Morgan fingerprint density at radius 3 is 2.80 bits per heavy atom. The fourth-order valence-corrected chi connectivity index (χ4v) is 2.19. The average molecular weight is 215 g/mol. The molecule has 5 heteroatoms. The number of aromatic amines is 1. The van der Waals surface area contributed by atoms with Crippen LogP contribution in [0.5, 0.6) is 5.88 Å². The Hall–Kier alpha value is -1.13. The van der Waals surface area contributed by atoms with Gasteiger partial charge in [0.1, 0.15) is 6.61 Å². The maximum absolute atomic E-state index is 12.6. The van der Waals surface area contributed by atoms with E-state index < -0.39 is 6.43 Å². The molecule has 15 heavy (non-hydrogen) atoms. The van der Waals surface area contributed by atoms with Gasteiger partial charge >= 0.3 is 5.88 Å². The van der Waals surface area contributed by atoms with Crippen LogP contribution >= 0.6 is 0 Å². The normalized spacial score (nSPS) is 21.6. The first kappa shape index (κ1) is 9.12. The first-order valence-corrected chi connectivity index (χ1v) is 5.15. The van der Waals surface area contributed by atoms with Gasteiger partial charge in [-0.05, 0) is 19.8 Å². The van der Waals surface area contributed by atoms with Crippen LogP contribution in [0.25, 0.3) is 0 Å². The summed E-state index contributed by atoms with van der Waals surface area (Å²) in [5, 5.41) is 2.74. The number of fused-ring (bicyclic) bond motifs is 1. The largest absolute Gasteiger partial charge is 0.442 e. The highest BCUT2D eigenvalue weighted by molar-refractivity contribution is 5.26. The second-order valence-electron chi connectivity index (χ2n) is 4.63. The van der Waals surface area contributed by atoms with Crippen LogP contribution in [-0.4, -0.2) is 11.7 Å². The number of halogens is 2. The van der Waals surface area contributed by atoms with Gasteiger partial charge in [-0.15, -0.1) is 0 Å². The van der Waals surface area contributed by atoms with Gasteiger partial charge in [0.25, 0.3) is 6.43 Å². The predicted octanol–water partition coefficient (Wildman–Crippen LogP) is 1.72. The van der Waals surface area contributed by atoms with Crippen molar-refractivity contribution in [1.29, 1.82) is 0 Å². The number of alkyl halides is 2. The molecule has 2 aliphatic rings. The Labute approximate surface area is 86.0 Å². The summed E-state index contributed by atoms with van der Waals surface area (Å²) >= 11 is 0. The minimum atomic E-state index is -2.46. The van der Waals surface area contributed by atoms with E-state index in [-0.39, 0.29) is 11.1 Å². The van der Waals surface area contributed by atoms with Crippen LogP contribution in [0.3, 0.4) is 0 Å². The molecule has 1 aromatic rings. The molecule has 3 rings (SSSR count). The predicted molar refractivity (Wildman–Crippen MR) is 47.8 cm³/mol. The van der Waals surface area contributed by atoms with E-state index in [9.17, 15) is 8.78 Å². The van der Waals surface area contributed by atoms with Crippen molar-refractivity contribution in [2.24, 2.45) is 5.41 Å². The van der Waals surface area contributed by atoms with E-state index >= 15 is 0 Å². The molecular weight excluding hydrogens is 202 g/mol. The van der Waals surface area contributed by atoms with Gasteiger partial charge in [0.2, 0.25) is 0 Å². The third-order valence-electron chi connectivity index (χ3n) is 3.41. The summed E-state index contributed by atoms with van der Waals surface area (Å²) in [7, 11) is 0. The number of nitrogens with one attached hydrogen (secondary N) is 1. The van der Waals surface area contributed by atoms with E-state index in [1.807, 2.05) is 0 Å². The van der Waals surface area contributed by atoms with Crippen molar-refractivity contribution in [2.75, 3.05) is 6.61 Å². The standard InChI is InChI=1S/C10H12F2N2O/c1-6-7(8(11)12)13-14-4-10(2-3-10)5-15-9(6)14/h8H,2-5H2,1H3/p+1. The minimum Gasteiger partial charge on any atom is -0.442 e. The van der Waals surface area contributed by atoms with E-state index in [1.165, 1.54) is 0 Å². The molecule has 0 aromatic carbocycles. The summed E-state index contributed by atoms with van der Waals surface area (Å²) in [6, 6.07) is 0. The van der Waals surface area contributed by atoms with E-state index in [2.05, 4.69) is 5.10 Å². The highest BCUT2D eigenvalue weighted by atomic mass is 19.3. The molecule has 1 aromatic heterocycles. The molecule has 1 fully saturated rings. The van der Waals surface area contributed by atoms with E-state index in [4.69, 9.17) is 4.74 Å². The SMILES string of the molecule is Cc1c(C(F)F)[nH][n+]2c1OCC1(CC1)C2. The van der Waals surface area contributed by atoms with Crippen LogP contribution in [0.2, 0.25) is 0 Å². The topological polar surface area (TPSA) is 28.9 Å². The van der Waals surface area contributed by atoms with E-state index in [0.29, 0.717) is 18.1 Å². The zero-order chi connectivity index (χ0) is 10.6. The zero-order valence-electron chi connectivity index (χ0n) is 8.52. The van der Waals surface area contributed by atoms with Crippen LogP contribution in [-0.2, 0) is 6.54 Å². The maximum Gasteiger partial charge on any atom is 0.396 e. The molecule has 0 amide bonds. The second kappa shape index (κ2) is 2.71. The first-order chi connectivity index (χ1) is 7.11. The summed E-state index contributed by atoms with van der Waals surface area (Å²) < 4.78 is 32.5. The highest BCUT2D eigenvalue weighted by Crippen LogP contribution is 2.48. The molecular formula is C10H13F2N2O+. The minimum absolute atomic E-state index is 0.0114. The summed E-state index contributed by atoms with van der Waals surface area (Å²) in [6.07, 6.45) is -0.176. The number of ether oxygens (including phenoxy) is 1. The molecule has 0 atom stereocenters. The average Bonchev–Trinajstić information content (AvgIpc) is 2.84. The van der Waals surface area contributed by atoms with Crippen LogP contribution in [0, 0.1) is 12.3 Å². The van der Waals surface area contributed by atoms with Gasteiger partial charge in [-0.1, -0.05) is 4.68 Å². The fourth-order valence-electron chi connectivity index (χ4n) is 2.19. The van der Waals surface area contributed by atoms with Crippen LogP contribution < -0.4 is 9.42 Å². The first-order valence-electron chi connectivity index (χ1n) is 5.15. The van der Waals surface area contributed by atoms with Crippen LogP contribution in [0.15, 0.2) is 0 Å². The molecule has 2 heterocycles. The van der Waals surface area contributed by atoms with Crippen molar-refractivity contribution >= 4 is 0 Å². The fraction of sp³-hybridized carbons (Fsp3) is 0.700. The Morgan fingerprint density at radius 2 is 2.20 bits per heavy atom. The lowest BCUT2D eigenvalue weighted by atomic mass is 10.1. The second-order valence-corrected chi connectivity index (χ2v) is 4.63. The molecule has 82 valence electrons. The quantitative estimate of drug-likeness (QED) is 0.710. The molecule has 0 unspecified atom stereocenters. The molecule has 0 saturated heterocycles. The Kier molecular flexibility index (Phi) is 1.65. The van der Waals surface area contributed by atoms with Gasteiger partial charge < -0.3 is 4.74 Å². The van der Waals surface area contributed by atoms with Gasteiger partial charge in [-0.3, -0.25) is 0 Å². The highest BCUT2D eigenvalue weighted by Gasteiger charge is 2.52. The van der Waals surface area contributed by atoms with Gasteiger partial charge in [0.05, 0.1) is 11.0 Å². The van der Waals surface area contributed by atoms with E-state index in [1.54, 1.807) is 11.6 Å². The molecule has 0 bridgehead atoms. The van der Waals surface area contributed by atoms with Gasteiger partial charge in [0, 0.05) is 0 Å². The van der Waals surface area contributed by atoms with Gasteiger partial charge in [-0.2, -0.15) is 5.10 Å². The third kappa shape index (κ3) is 1.25. The summed E-state index contributed by atoms with van der Waals surface area (Å²) in [6.45, 7) is 3.14. The van der Waals surface area contributed by atoms with Crippen molar-refractivity contribution in [2.45, 2.75) is 32.7 Å². The molecule has 0 radical (unpaired) electrons. The van der Waals surface area contributed by atoms with Crippen molar-refractivity contribution in [3.05, 3.63) is 11.3 Å². The molecule has 1 N–H and O–H groups in total. The van der Waals surface area contributed by atoms with Gasteiger partial charge in [-0.25, -0.2) is 8.78 Å². The van der Waals surface area contributed by atoms with E-state index in [0.717, 1.165) is 19.4 Å². The number of hydrogen-bond donors (Lipinski definition) is 1. The number of H-pyrrole nitrogens is 1. The van der Waals surface area contributed by atoms with Crippen LogP contribution in [0.4, 0.5) is 8.78 Å². The van der Waals surface area contributed by atoms with Crippen molar-refractivity contribution < 1.29 is 18.2 Å². The molecule has 1 saturated carbocycles. The lowest BCUT2D eigenvalue weighted by Gasteiger charge is -2.16. The number of aromatic nitrogens is 2. The Balaban J connectivity index is 2.01. The zero-order valence-corrected chi connectivity index (χ0v) is 8.52. The number of hydrogen-bond acceptors (Lipinski definition) is 1. The number of nitrogens with zero attached hydrogens (tertiary/aromatic N) is 1. The summed E-state index contributed by atoms with van der Waals surface area (Å²) in [4.78, 5) is 0. The summed E-state index contributed by atoms with van der Waals surface area (Å²) in [5.74, 6) is 0.586. The Morgan fingerprint density at radius 1 is 1.47 bits per heavy atom. The number of rotatable bonds is 1. The Bertz CT molecular complexity index is 410. The van der Waals surface area contributed by atoms with Crippen molar-refractivity contribution in [1.82, 2.24) is 5.10 Å². The third-order valence-corrected chi connectivity index (χ3v) is 3.41.